The van der Waals surface area contributed by atoms with Crippen molar-refractivity contribution in [2.45, 2.75) is 24.2 Å². The number of carbonyl (C=O) groups excluding carboxylic acids is 1. The molecule has 0 saturated heterocycles. The van der Waals surface area contributed by atoms with E-state index in [1.165, 1.54) is 24.3 Å². The van der Waals surface area contributed by atoms with Crippen LogP contribution in [-0.2, 0) is 14.8 Å². The molecule has 0 unspecified atom stereocenters. The van der Waals surface area contributed by atoms with Gasteiger partial charge >= 0.3 is 12.0 Å². The maximum Gasteiger partial charge on any atom is 0.319 e. The van der Waals surface area contributed by atoms with Crippen molar-refractivity contribution in [2.75, 3.05) is 18.4 Å². The van der Waals surface area contributed by atoms with Crippen molar-refractivity contribution < 1.29 is 23.1 Å². The second kappa shape index (κ2) is 7.42. The number of amides is 2. The second-order valence-corrected chi connectivity index (χ2v) is 7.11. The van der Waals surface area contributed by atoms with Crippen LogP contribution in [-0.4, -0.2) is 38.6 Å². The minimum Gasteiger partial charge on any atom is -0.481 e. The summed E-state index contributed by atoms with van der Waals surface area (Å²) in [6.07, 6.45) is 1.95. The zero-order valence-electron chi connectivity index (χ0n) is 12.4. The Hall–Kier alpha value is -2.13. The third-order valence-corrected chi connectivity index (χ3v) is 4.75. The van der Waals surface area contributed by atoms with Crippen molar-refractivity contribution in [3.8, 4) is 0 Å². The quantitative estimate of drug-likeness (QED) is 0.561. The van der Waals surface area contributed by atoms with Crippen LogP contribution in [0.4, 0.5) is 10.5 Å². The van der Waals surface area contributed by atoms with Gasteiger partial charge < -0.3 is 15.7 Å². The number of rotatable bonds is 8. The van der Waals surface area contributed by atoms with Gasteiger partial charge in [-0.3, -0.25) is 4.79 Å². The van der Waals surface area contributed by atoms with Gasteiger partial charge in [-0.05, 0) is 43.0 Å². The number of anilines is 1. The first-order chi connectivity index (χ1) is 10.9. The zero-order chi connectivity index (χ0) is 16.9. The monoisotopic (exact) mass is 341 g/mol. The van der Waals surface area contributed by atoms with E-state index in [-0.39, 0.29) is 17.9 Å². The molecule has 1 aromatic rings. The number of nitrogens with one attached hydrogen (secondary N) is 3. The van der Waals surface area contributed by atoms with E-state index in [1.807, 2.05) is 0 Å². The Labute approximate surface area is 134 Å². The van der Waals surface area contributed by atoms with Crippen LogP contribution < -0.4 is 15.4 Å². The highest BCUT2D eigenvalue weighted by Gasteiger charge is 2.24. The van der Waals surface area contributed by atoms with E-state index in [0.717, 1.165) is 12.8 Å². The summed E-state index contributed by atoms with van der Waals surface area (Å²) in [5.41, 5.74) is 0.416. The van der Waals surface area contributed by atoms with Crippen LogP contribution in [0.3, 0.4) is 0 Å². The minimum atomic E-state index is -3.53. The molecule has 2 rings (SSSR count). The molecule has 0 atom stereocenters. The van der Waals surface area contributed by atoms with Gasteiger partial charge in [0.15, 0.2) is 0 Å². The summed E-state index contributed by atoms with van der Waals surface area (Å²) in [6.45, 7) is 0.465. The van der Waals surface area contributed by atoms with E-state index in [1.54, 1.807) is 0 Å². The van der Waals surface area contributed by atoms with Crippen molar-refractivity contribution in [3.05, 3.63) is 24.3 Å². The molecule has 4 N–H and O–H groups in total. The fraction of sp³-hybridized carbons (Fsp3) is 0.429. The van der Waals surface area contributed by atoms with Gasteiger partial charge in [0.05, 0.1) is 11.3 Å². The average Bonchev–Trinajstić information content (AvgIpc) is 3.29. The lowest BCUT2D eigenvalue weighted by atomic mass is 10.3. The molecule has 23 heavy (non-hydrogen) atoms. The van der Waals surface area contributed by atoms with E-state index < -0.39 is 22.0 Å². The number of carboxylic acids is 1. The van der Waals surface area contributed by atoms with Gasteiger partial charge in [0.2, 0.25) is 10.0 Å². The lowest BCUT2D eigenvalue weighted by molar-refractivity contribution is -0.136. The average molecular weight is 341 g/mol. The molecule has 0 aliphatic heterocycles. The number of carboxylic acid groups (broad SMARTS) is 1. The van der Waals surface area contributed by atoms with Crippen molar-refractivity contribution in [1.82, 2.24) is 10.0 Å². The standard InChI is InChI=1S/C14H19N3O5S/c18-13(19)7-8-15-14(20)17-11-3-5-12(6-4-11)23(21,22)16-9-10-1-2-10/h3-6,10,16H,1-2,7-9H2,(H,18,19)(H2,15,17,20). The van der Waals surface area contributed by atoms with Crippen LogP contribution in [0.15, 0.2) is 29.2 Å². The van der Waals surface area contributed by atoms with E-state index in [9.17, 15) is 18.0 Å². The number of hydrogen-bond donors (Lipinski definition) is 4. The molecule has 0 heterocycles. The van der Waals surface area contributed by atoms with Crippen LogP contribution in [0.25, 0.3) is 0 Å². The molecule has 0 radical (unpaired) electrons. The molecule has 0 bridgehead atoms. The van der Waals surface area contributed by atoms with Crippen LogP contribution >= 0.6 is 0 Å². The van der Waals surface area contributed by atoms with Crippen molar-refractivity contribution in [1.29, 1.82) is 0 Å². The molecule has 8 nitrogen and oxygen atoms in total. The third kappa shape index (κ3) is 5.87. The first-order valence-electron chi connectivity index (χ1n) is 7.23. The fourth-order valence-corrected chi connectivity index (χ4v) is 2.92. The second-order valence-electron chi connectivity index (χ2n) is 5.34. The van der Waals surface area contributed by atoms with Gasteiger partial charge in [-0.15, -0.1) is 0 Å². The van der Waals surface area contributed by atoms with E-state index >= 15 is 0 Å². The largest absolute Gasteiger partial charge is 0.481 e. The summed E-state index contributed by atoms with van der Waals surface area (Å²) < 4.78 is 26.6. The molecular formula is C14H19N3O5S. The molecule has 1 aliphatic carbocycles. The minimum absolute atomic E-state index is 0.0126. The molecule has 2 amide bonds. The molecule has 1 aromatic carbocycles. The van der Waals surface area contributed by atoms with Crippen molar-refractivity contribution in [2.24, 2.45) is 5.92 Å². The highest BCUT2D eigenvalue weighted by molar-refractivity contribution is 7.89. The molecule has 0 aromatic heterocycles. The fourth-order valence-electron chi connectivity index (χ4n) is 1.81. The van der Waals surface area contributed by atoms with Crippen LogP contribution in [0, 0.1) is 5.92 Å². The Morgan fingerprint density at radius 2 is 1.83 bits per heavy atom. The third-order valence-electron chi connectivity index (χ3n) is 3.31. The first kappa shape index (κ1) is 17.2. The predicted octanol–water partition coefficient (Wildman–Crippen LogP) is 0.971. The van der Waals surface area contributed by atoms with E-state index in [0.29, 0.717) is 18.2 Å². The lowest BCUT2D eigenvalue weighted by Gasteiger charge is -2.09. The molecule has 9 heteroatoms. The van der Waals surface area contributed by atoms with Gasteiger partial charge in [-0.2, -0.15) is 0 Å². The van der Waals surface area contributed by atoms with Gasteiger partial charge in [0, 0.05) is 18.8 Å². The van der Waals surface area contributed by atoms with Crippen LogP contribution in [0.1, 0.15) is 19.3 Å². The summed E-state index contributed by atoms with van der Waals surface area (Å²) in [4.78, 5) is 22.0. The molecular weight excluding hydrogens is 322 g/mol. The maximum atomic E-state index is 12.0. The molecule has 1 saturated carbocycles. The smallest absolute Gasteiger partial charge is 0.319 e. The first-order valence-corrected chi connectivity index (χ1v) is 8.71. The lowest BCUT2D eigenvalue weighted by Crippen LogP contribution is -2.30. The summed E-state index contributed by atoms with van der Waals surface area (Å²) in [7, 11) is -3.53. The van der Waals surface area contributed by atoms with Gasteiger partial charge in [0.1, 0.15) is 0 Å². The molecule has 126 valence electrons. The zero-order valence-corrected chi connectivity index (χ0v) is 13.2. The molecule has 0 spiro atoms. The SMILES string of the molecule is O=C(O)CCNC(=O)Nc1ccc(S(=O)(=O)NCC2CC2)cc1. The van der Waals surface area contributed by atoms with Gasteiger partial charge in [-0.1, -0.05) is 0 Å². The number of sulfonamides is 1. The van der Waals surface area contributed by atoms with Crippen molar-refractivity contribution >= 4 is 27.7 Å². The van der Waals surface area contributed by atoms with Gasteiger partial charge in [0.25, 0.3) is 0 Å². The number of carbonyl (C=O) groups is 2. The Morgan fingerprint density at radius 1 is 1.17 bits per heavy atom. The topological polar surface area (TPSA) is 125 Å². The van der Waals surface area contributed by atoms with Crippen molar-refractivity contribution in [3.63, 3.8) is 0 Å². The number of benzene rings is 1. The Bertz CT molecular complexity index is 668. The number of hydrogen-bond acceptors (Lipinski definition) is 4. The molecule has 1 fully saturated rings. The van der Waals surface area contributed by atoms with Crippen LogP contribution in [0.2, 0.25) is 0 Å². The Balaban J connectivity index is 1.85. The maximum absolute atomic E-state index is 12.0. The summed E-state index contributed by atoms with van der Waals surface area (Å²) in [5.74, 6) is -0.557. The Morgan fingerprint density at radius 3 is 2.39 bits per heavy atom. The van der Waals surface area contributed by atoms with E-state index in [2.05, 4.69) is 15.4 Å². The summed E-state index contributed by atoms with van der Waals surface area (Å²) in [6, 6.07) is 5.21. The number of urea groups is 1. The highest BCUT2D eigenvalue weighted by Crippen LogP contribution is 2.28. The predicted molar refractivity (Wildman–Crippen MR) is 83.6 cm³/mol. The Kier molecular flexibility index (Phi) is 5.56. The van der Waals surface area contributed by atoms with Crippen LogP contribution in [0.5, 0.6) is 0 Å². The highest BCUT2D eigenvalue weighted by atomic mass is 32.2. The summed E-state index contributed by atoms with van der Waals surface area (Å²) >= 11 is 0. The normalized spacial score (nSPS) is 14.3. The van der Waals surface area contributed by atoms with Gasteiger partial charge in [-0.25, -0.2) is 17.9 Å². The number of aliphatic carboxylic acids is 1. The van der Waals surface area contributed by atoms with E-state index in [4.69, 9.17) is 5.11 Å². The summed E-state index contributed by atoms with van der Waals surface area (Å²) in [5, 5.41) is 13.4. The molecule has 1 aliphatic rings.